The SMILES string of the molecule is Cc1ccc(C)c(OCCC(C#N)c2ccccc2Cl)c1C. The predicted molar refractivity (Wildman–Crippen MR) is 90.6 cm³/mol. The third-order valence-electron chi connectivity index (χ3n) is 3.96. The largest absolute Gasteiger partial charge is 0.493 e. The summed E-state index contributed by atoms with van der Waals surface area (Å²) in [6.07, 6.45) is 0.618. The van der Waals surface area contributed by atoms with E-state index in [4.69, 9.17) is 16.3 Å². The van der Waals surface area contributed by atoms with Crippen molar-refractivity contribution >= 4 is 11.6 Å². The van der Waals surface area contributed by atoms with Crippen molar-refractivity contribution in [2.45, 2.75) is 33.1 Å². The fraction of sp³-hybridized carbons (Fsp3) is 0.316. The normalized spacial score (nSPS) is 11.8. The van der Waals surface area contributed by atoms with Crippen molar-refractivity contribution in [3.63, 3.8) is 0 Å². The predicted octanol–water partition coefficient (Wildman–Crippen LogP) is 5.34. The minimum atomic E-state index is -0.251. The van der Waals surface area contributed by atoms with E-state index in [-0.39, 0.29) is 5.92 Å². The smallest absolute Gasteiger partial charge is 0.125 e. The Balaban J connectivity index is 2.06. The van der Waals surface area contributed by atoms with Gasteiger partial charge in [0.2, 0.25) is 0 Å². The van der Waals surface area contributed by atoms with Gasteiger partial charge in [-0.15, -0.1) is 0 Å². The molecule has 1 unspecified atom stereocenters. The number of hydrogen-bond donors (Lipinski definition) is 0. The Hall–Kier alpha value is -1.98. The molecule has 0 aromatic heterocycles. The molecule has 0 saturated carbocycles. The highest BCUT2D eigenvalue weighted by Crippen LogP contribution is 2.29. The number of halogens is 1. The van der Waals surface area contributed by atoms with Gasteiger partial charge < -0.3 is 4.74 Å². The zero-order chi connectivity index (χ0) is 16.1. The van der Waals surface area contributed by atoms with E-state index in [1.807, 2.05) is 31.2 Å². The van der Waals surface area contributed by atoms with Crippen LogP contribution in [0.3, 0.4) is 0 Å². The van der Waals surface area contributed by atoms with Gasteiger partial charge in [0, 0.05) is 11.4 Å². The summed E-state index contributed by atoms with van der Waals surface area (Å²) < 4.78 is 5.95. The van der Waals surface area contributed by atoms with Crippen molar-refractivity contribution in [2.75, 3.05) is 6.61 Å². The standard InChI is InChI=1S/C19H20ClNO/c1-13-8-9-14(2)19(15(13)3)22-11-10-16(12-21)17-6-4-5-7-18(17)20/h4-9,16H,10-11H2,1-3H3. The lowest BCUT2D eigenvalue weighted by atomic mass is 9.97. The van der Waals surface area contributed by atoms with Gasteiger partial charge >= 0.3 is 0 Å². The van der Waals surface area contributed by atoms with Gasteiger partial charge in [0.25, 0.3) is 0 Å². The molecule has 0 fully saturated rings. The van der Waals surface area contributed by atoms with Gasteiger partial charge in [-0.05, 0) is 49.1 Å². The summed E-state index contributed by atoms with van der Waals surface area (Å²) in [5.41, 5.74) is 4.36. The fourth-order valence-corrected chi connectivity index (χ4v) is 2.74. The first kappa shape index (κ1) is 16.4. The van der Waals surface area contributed by atoms with Gasteiger partial charge in [0.15, 0.2) is 0 Å². The minimum Gasteiger partial charge on any atom is -0.493 e. The molecule has 0 aliphatic carbocycles. The number of aryl methyl sites for hydroxylation is 2. The van der Waals surface area contributed by atoms with Crippen LogP contribution in [0.4, 0.5) is 0 Å². The molecule has 0 saturated heterocycles. The zero-order valence-corrected chi connectivity index (χ0v) is 13.9. The summed E-state index contributed by atoms with van der Waals surface area (Å²) in [5.74, 6) is 0.676. The Morgan fingerprint density at radius 1 is 1.09 bits per heavy atom. The topological polar surface area (TPSA) is 33.0 Å². The molecule has 0 N–H and O–H groups in total. The van der Waals surface area contributed by atoms with E-state index in [9.17, 15) is 5.26 Å². The van der Waals surface area contributed by atoms with Gasteiger partial charge in [-0.3, -0.25) is 0 Å². The Morgan fingerprint density at radius 3 is 2.45 bits per heavy atom. The number of nitrogens with zero attached hydrogens (tertiary/aromatic N) is 1. The number of rotatable bonds is 5. The molecule has 0 heterocycles. The molecule has 2 nitrogen and oxygen atoms in total. The molecule has 2 aromatic carbocycles. The molecular formula is C19H20ClNO. The van der Waals surface area contributed by atoms with Crippen LogP contribution in [0.25, 0.3) is 0 Å². The van der Waals surface area contributed by atoms with Gasteiger partial charge in [0.05, 0.1) is 18.6 Å². The van der Waals surface area contributed by atoms with Crippen molar-refractivity contribution < 1.29 is 4.74 Å². The van der Waals surface area contributed by atoms with E-state index in [1.165, 1.54) is 5.56 Å². The van der Waals surface area contributed by atoms with E-state index in [0.29, 0.717) is 18.1 Å². The van der Waals surface area contributed by atoms with Crippen LogP contribution in [0.1, 0.15) is 34.6 Å². The van der Waals surface area contributed by atoms with E-state index in [1.54, 1.807) is 0 Å². The summed E-state index contributed by atoms with van der Waals surface area (Å²) in [7, 11) is 0. The third kappa shape index (κ3) is 3.61. The van der Waals surface area contributed by atoms with Crippen molar-refractivity contribution in [3.8, 4) is 11.8 Å². The first-order chi connectivity index (χ1) is 10.5. The van der Waals surface area contributed by atoms with Crippen LogP contribution in [0.15, 0.2) is 36.4 Å². The summed E-state index contributed by atoms with van der Waals surface area (Å²) >= 11 is 6.17. The second-order valence-electron chi connectivity index (χ2n) is 5.49. The first-order valence-corrected chi connectivity index (χ1v) is 7.76. The molecule has 114 valence electrons. The lowest BCUT2D eigenvalue weighted by Gasteiger charge is -2.16. The number of nitriles is 1. The van der Waals surface area contributed by atoms with E-state index >= 15 is 0 Å². The molecule has 2 aromatic rings. The Bertz CT molecular complexity index is 703. The average molecular weight is 314 g/mol. The average Bonchev–Trinajstić information content (AvgIpc) is 2.52. The molecule has 1 atom stereocenters. The second-order valence-corrected chi connectivity index (χ2v) is 5.90. The molecule has 0 amide bonds. The van der Waals surface area contributed by atoms with Crippen LogP contribution < -0.4 is 4.74 Å². The Kier molecular flexibility index (Phi) is 5.46. The highest BCUT2D eigenvalue weighted by atomic mass is 35.5. The summed E-state index contributed by atoms with van der Waals surface area (Å²) in [4.78, 5) is 0. The first-order valence-electron chi connectivity index (χ1n) is 7.38. The van der Waals surface area contributed by atoms with Gasteiger partial charge in [0.1, 0.15) is 5.75 Å². The molecular weight excluding hydrogens is 294 g/mol. The Labute approximate surface area is 137 Å². The van der Waals surface area contributed by atoms with Crippen LogP contribution in [-0.2, 0) is 0 Å². The lowest BCUT2D eigenvalue weighted by molar-refractivity contribution is 0.302. The summed E-state index contributed by atoms with van der Waals surface area (Å²) in [6, 6.07) is 14.0. The van der Waals surface area contributed by atoms with Gasteiger partial charge in [-0.1, -0.05) is 41.9 Å². The highest BCUT2D eigenvalue weighted by Gasteiger charge is 2.14. The monoisotopic (exact) mass is 313 g/mol. The van der Waals surface area contributed by atoms with E-state index in [2.05, 4.69) is 32.0 Å². The highest BCUT2D eigenvalue weighted by molar-refractivity contribution is 6.31. The minimum absolute atomic E-state index is 0.251. The van der Waals surface area contributed by atoms with Crippen LogP contribution in [0, 0.1) is 32.1 Å². The molecule has 0 bridgehead atoms. The van der Waals surface area contributed by atoms with Crippen molar-refractivity contribution in [3.05, 3.63) is 63.7 Å². The van der Waals surface area contributed by atoms with Gasteiger partial charge in [-0.2, -0.15) is 5.26 Å². The van der Waals surface area contributed by atoms with Crippen LogP contribution >= 0.6 is 11.6 Å². The van der Waals surface area contributed by atoms with E-state index < -0.39 is 0 Å². The number of ether oxygens (including phenoxy) is 1. The van der Waals surface area contributed by atoms with Crippen LogP contribution in [0.2, 0.25) is 5.02 Å². The molecule has 22 heavy (non-hydrogen) atoms. The maximum Gasteiger partial charge on any atom is 0.125 e. The van der Waals surface area contributed by atoms with Crippen molar-refractivity contribution in [1.82, 2.24) is 0 Å². The summed E-state index contributed by atoms with van der Waals surface area (Å²) in [6.45, 7) is 6.67. The maximum absolute atomic E-state index is 9.39. The van der Waals surface area contributed by atoms with Crippen molar-refractivity contribution in [1.29, 1.82) is 5.26 Å². The summed E-state index contributed by atoms with van der Waals surface area (Å²) in [5, 5.41) is 10.0. The molecule has 0 radical (unpaired) electrons. The quantitative estimate of drug-likeness (QED) is 0.746. The van der Waals surface area contributed by atoms with Crippen LogP contribution in [0.5, 0.6) is 5.75 Å². The lowest BCUT2D eigenvalue weighted by Crippen LogP contribution is -2.07. The molecule has 0 aliphatic rings. The zero-order valence-electron chi connectivity index (χ0n) is 13.2. The maximum atomic E-state index is 9.39. The molecule has 0 aliphatic heterocycles. The molecule has 0 spiro atoms. The second kappa shape index (κ2) is 7.33. The van der Waals surface area contributed by atoms with Crippen LogP contribution in [-0.4, -0.2) is 6.61 Å². The Morgan fingerprint density at radius 2 is 1.77 bits per heavy atom. The van der Waals surface area contributed by atoms with Gasteiger partial charge in [-0.25, -0.2) is 0 Å². The number of hydrogen-bond acceptors (Lipinski definition) is 2. The molecule has 2 rings (SSSR count). The van der Waals surface area contributed by atoms with Crippen molar-refractivity contribution in [2.24, 2.45) is 0 Å². The molecule has 3 heteroatoms. The fourth-order valence-electron chi connectivity index (χ4n) is 2.47. The third-order valence-corrected chi connectivity index (χ3v) is 4.31. The van der Waals surface area contributed by atoms with E-state index in [0.717, 1.165) is 22.4 Å². The number of benzene rings is 2.